The number of hydrogen-bond donors (Lipinski definition) is 2. The van der Waals surface area contributed by atoms with Crippen LogP contribution in [0, 0.1) is 33.0 Å². The van der Waals surface area contributed by atoms with E-state index in [1.54, 1.807) is 6.08 Å². The molecular weight excluding hydrogens is 438 g/mol. The van der Waals surface area contributed by atoms with Gasteiger partial charge in [0.15, 0.2) is 5.76 Å². The predicted molar refractivity (Wildman–Crippen MR) is 136 cm³/mol. The highest BCUT2D eigenvalue weighted by Crippen LogP contribution is 2.75. The van der Waals surface area contributed by atoms with Gasteiger partial charge in [0, 0.05) is 16.4 Å². The van der Waals surface area contributed by atoms with Crippen LogP contribution in [-0.2, 0) is 9.53 Å². The van der Waals surface area contributed by atoms with E-state index in [-0.39, 0.29) is 38.6 Å². The Morgan fingerprint density at radius 2 is 1.74 bits per heavy atom. The fraction of sp³-hybridized carbons (Fsp3) is 0.667. The summed E-state index contributed by atoms with van der Waals surface area (Å²) in [5.74, 6) is 0.109. The van der Waals surface area contributed by atoms with Crippen molar-refractivity contribution in [3.05, 3.63) is 46.3 Å². The number of rotatable bonds is 2. The van der Waals surface area contributed by atoms with E-state index >= 15 is 0 Å². The lowest BCUT2D eigenvalue weighted by Gasteiger charge is -2.70. The summed E-state index contributed by atoms with van der Waals surface area (Å²) in [5.41, 5.74) is 9.64. The molecule has 0 bridgehead atoms. The zero-order chi connectivity index (χ0) is 25.6. The first-order chi connectivity index (χ1) is 16.2. The first-order valence-electron chi connectivity index (χ1n) is 13.2. The summed E-state index contributed by atoms with van der Waals surface area (Å²) in [6.07, 6.45) is 13.1. The quantitative estimate of drug-likeness (QED) is 0.461. The van der Waals surface area contributed by atoms with Gasteiger partial charge in [-0.2, -0.15) is 0 Å². The van der Waals surface area contributed by atoms with Gasteiger partial charge >= 0.3 is 6.09 Å². The van der Waals surface area contributed by atoms with Gasteiger partial charge < -0.3 is 15.6 Å². The molecule has 5 aliphatic carbocycles. The SMILES string of the molecule is CC1=C(O)C(=O)C=C2C1=CC=C1[C@@]2(C)CC[C@@]2(C)[C@@H]3C[C@](C)(COC(N)=O)CC[C@@]3(C)CC[C@]12C. The van der Waals surface area contributed by atoms with Crippen LogP contribution in [0.3, 0.4) is 0 Å². The maximum atomic E-state index is 12.6. The number of hydrogen-bond acceptors (Lipinski definition) is 4. The zero-order valence-electron chi connectivity index (χ0n) is 22.2. The maximum absolute atomic E-state index is 12.6. The van der Waals surface area contributed by atoms with Gasteiger partial charge in [0.05, 0.1) is 6.61 Å². The largest absolute Gasteiger partial charge is 0.504 e. The van der Waals surface area contributed by atoms with E-state index in [2.05, 4.69) is 46.8 Å². The molecule has 5 aliphatic rings. The normalized spacial score (nSPS) is 44.7. The van der Waals surface area contributed by atoms with Crippen molar-refractivity contribution in [1.82, 2.24) is 0 Å². The number of amides is 1. The molecule has 0 aromatic carbocycles. The summed E-state index contributed by atoms with van der Waals surface area (Å²) in [6, 6.07) is 0. The second-order valence-electron chi connectivity index (χ2n) is 13.5. The highest BCUT2D eigenvalue weighted by Gasteiger charge is 2.66. The molecule has 3 fully saturated rings. The zero-order valence-corrected chi connectivity index (χ0v) is 22.2. The first-order valence-corrected chi connectivity index (χ1v) is 13.2. The lowest BCUT2D eigenvalue weighted by Crippen LogP contribution is -2.62. The molecule has 5 rings (SSSR count). The summed E-state index contributed by atoms with van der Waals surface area (Å²) in [4.78, 5) is 24.0. The van der Waals surface area contributed by atoms with Crippen molar-refractivity contribution in [2.45, 2.75) is 86.5 Å². The maximum Gasteiger partial charge on any atom is 0.404 e. The third-order valence-corrected chi connectivity index (χ3v) is 11.5. The van der Waals surface area contributed by atoms with E-state index in [0.717, 1.165) is 49.7 Å². The van der Waals surface area contributed by atoms with Crippen molar-refractivity contribution >= 4 is 11.9 Å². The Labute approximate surface area is 209 Å². The van der Waals surface area contributed by atoms with Gasteiger partial charge in [-0.3, -0.25) is 4.79 Å². The minimum absolute atomic E-state index is 0.00397. The smallest absolute Gasteiger partial charge is 0.404 e. The number of aliphatic hydroxyl groups excluding tert-OH is 1. The molecule has 5 heteroatoms. The van der Waals surface area contributed by atoms with Gasteiger partial charge in [0.25, 0.3) is 0 Å². The van der Waals surface area contributed by atoms with E-state index < -0.39 is 6.09 Å². The molecule has 0 saturated heterocycles. The van der Waals surface area contributed by atoms with Gasteiger partial charge in [0.1, 0.15) is 0 Å². The van der Waals surface area contributed by atoms with Crippen LogP contribution in [0.25, 0.3) is 0 Å². The van der Waals surface area contributed by atoms with Crippen LogP contribution < -0.4 is 5.73 Å². The van der Waals surface area contributed by atoms with Crippen LogP contribution in [0.1, 0.15) is 86.5 Å². The fourth-order valence-electron chi connectivity index (χ4n) is 8.90. The molecule has 0 aliphatic heterocycles. The van der Waals surface area contributed by atoms with Crippen LogP contribution in [0.2, 0.25) is 0 Å². The molecule has 0 aromatic rings. The highest BCUT2D eigenvalue weighted by atomic mass is 16.5. The molecule has 6 atom stereocenters. The number of carbonyl (C=O) groups is 2. The molecule has 3 N–H and O–H groups in total. The van der Waals surface area contributed by atoms with Crippen LogP contribution in [0.5, 0.6) is 0 Å². The summed E-state index contributed by atoms with van der Waals surface area (Å²) < 4.78 is 5.34. The summed E-state index contributed by atoms with van der Waals surface area (Å²) in [6.45, 7) is 14.3. The minimum atomic E-state index is -0.687. The van der Waals surface area contributed by atoms with Crippen LogP contribution in [0.4, 0.5) is 4.79 Å². The molecule has 0 heterocycles. The highest BCUT2D eigenvalue weighted by molar-refractivity contribution is 6.06. The van der Waals surface area contributed by atoms with Crippen molar-refractivity contribution in [1.29, 1.82) is 0 Å². The molecule has 190 valence electrons. The molecule has 35 heavy (non-hydrogen) atoms. The summed E-state index contributed by atoms with van der Waals surface area (Å²) >= 11 is 0. The predicted octanol–water partition coefficient (Wildman–Crippen LogP) is 6.71. The number of ether oxygens (including phenoxy) is 1. The Hall–Kier alpha value is -2.30. The molecular formula is C30H41NO4. The standard InChI is InChI=1S/C30H41NO4/c1-18-19-7-8-22-28(4,20(19)15-21(32)24(18)33)12-14-30(6)23-16-26(2,17-35-25(31)34)9-10-27(23,3)11-13-29(22,30)5/h7-8,15,23,33H,9-14,16-17H2,1-6H3,(H2,31,34)/t23-,26-,27+,28+,29-,30+/m1/s1. The number of aliphatic hydroxyl groups is 1. The van der Waals surface area contributed by atoms with Gasteiger partial charge in [0.2, 0.25) is 5.78 Å². The Bertz CT molecular complexity index is 1140. The van der Waals surface area contributed by atoms with Gasteiger partial charge in [-0.25, -0.2) is 4.79 Å². The monoisotopic (exact) mass is 479 g/mol. The number of allylic oxidation sites excluding steroid dienone is 7. The third-order valence-electron chi connectivity index (χ3n) is 11.5. The number of ketones is 1. The molecule has 5 nitrogen and oxygen atoms in total. The lowest BCUT2D eigenvalue weighted by atomic mass is 9.34. The fourth-order valence-corrected chi connectivity index (χ4v) is 8.90. The van der Waals surface area contributed by atoms with Gasteiger partial charge in [-0.1, -0.05) is 52.3 Å². The number of nitrogens with two attached hydrogens (primary N) is 1. The van der Waals surface area contributed by atoms with E-state index in [1.165, 1.54) is 12.0 Å². The number of fused-ring (bicyclic) bond motifs is 7. The van der Waals surface area contributed by atoms with Crippen molar-refractivity contribution in [3.63, 3.8) is 0 Å². The van der Waals surface area contributed by atoms with Crippen molar-refractivity contribution in [2.24, 2.45) is 38.7 Å². The number of carbonyl (C=O) groups excluding carboxylic acids is 2. The molecule has 0 radical (unpaired) electrons. The second kappa shape index (κ2) is 7.36. The Morgan fingerprint density at radius 3 is 2.43 bits per heavy atom. The summed E-state index contributed by atoms with van der Waals surface area (Å²) in [7, 11) is 0. The average molecular weight is 480 g/mol. The van der Waals surface area contributed by atoms with Crippen molar-refractivity contribution in [2.75, 3.05) is 6.61 Å². The second-order valence-corrected chi connectivity index (χ2v) is 13.5. The molecule has 0 unspecified atom stereocenters. The Balaban J connectivity index is 1.58. The minimum Gasteiger partial charge on any atom is -0.504 e. The van der Waals surface area contributed by atoms with E-state index in [4.69, 9.17) is 10.5 Å². The third kappa shape index (κ3) is 3.18. The van der Waals surface area contributed by atoms with Crippen LogP contribution in [0.15, 0.2) is 46.3 Å². The molecule has 0 spiro atoms. The van der Waals surface area contributed by atoms with Crippen LogP contribution in [-0.4, -0.2) is 23.6 Å². The summed E-state index contributed by atoms with van der Waals surface area (Å²) in [5, 5.41) is 10.3. The molecule has 3 saturated carbocycles. The van der Waals surface area contributed by atoms with Crippen molar-refractivity contribution in [3.8, 4) is 0 Å². The Morgan fingerprint density at radius 1 is 1.06 bits per heavy atom. The van der Waals surface area contributed by atoms with E-state index in [9.17, 15) is 14.7 Å². The lowest BCUT2D eigenvalue weighted by molar-refractivity contribution is -0.165. The van der Waals surface area contributed by atoms with Crippen molar-refractivity contribution < 1.29 is 19.4 Å². The molecule has 1 amide bonds. The molecule has 0 aromatic heterocycles. The Kier molecular flexibility index (Phi) is 5.13. The average Bonchev–Trinajstić information content (AvgIpc) is 2.80. The van der Waals surface area contributed by atoms with Gasteiger partial charge in [-0.05, 0) is 91.3 Å². The van der Waals surface area contributed by atoms with E-state index in [1.807, 2.05) is 6.92 Å². The van der Waals surface area contributed by atoms with Crippen LogP contribution >= 0.6 is 0 Å². The van der Waals surface area contributed by atoms with Gasteiger partial charge in [-0.15, -0.1) is 0 Å². The van der Waals surface area contributed by atoms with E-state index in [0.29, 0.717) is 18.1 Å². The first kappa shape index (κ1) is 24.4. The topological polar surface area (TPSA) is 89.6 Å². The number of primary amides is 1.